The van der Waals surface area contributed by atoms with E-state index in [4.69, 9.17) is 4.98 Å². The number of hydrogen-bond donors (Lipinski definition) is 1. The molecule has 1 aromatic carbocycles. The summed E-state index contributed by atoms with van der Waals surface area (Å²) < 4.78 is 0. The van der Waals surface area contributed by atoms with Crippen molar-refractivity contribution in [1.82, 2.24) is 10.3 Å². The number of aryl methyl sites for hydroxylation is 2. The van der Waals surface area contributed by atoms with Gasteiger partial charge in [0.1, 0.15) is 5.01 Å². The zero-order valence-corrected chi connectivity index (χ0v) is 14.6. The van der Waals surface area contributed by atoms with E-state index in [9.17, 15) is 0 Å². The average Bonchev–Trinajstić information content (AvgIpc) is 2.79. The molecule has 3 heteroatoms. The normalized spacial score (nSPS) is 14.4. The van der Waals surface area contributed by atoms with Crippen LogP contribution in [0.2, 0.25) is 0 Å². The summed E-state index contributed by atoms with van der Waals surface area (Å²) >= 11 is 1.83. The van der Waals surface area contributed by atoms with Crippen LogP contribution in [0.15, 0.2) is 30.3 Å². The zero-order valence-electron chi connectivity index (χ0n) is 13.7. The minimum atomic E-state index is -0.0702. The molecule has 1 aromatic heterocycles. The maximum atomic E-state index is 4.86. The van der Waals surface area contributed by atoms with Crippen molar-refractivity contribution in [3.8, 4) is 0 Å². The molecule has 0 aliphatic heterocycles. The van der Waals surface area contributed by atoms with Crippen molar-refractivity contribution in [2.75, 3.05) is 0 Å². The van der Waals surface area contributed by atoms with E-state index in [-0.39, 0.29) is 5.54 Å². The molecule has 0 amide bonds. The van der Waals surface area contributed by atoms with Crippen LogP contribution in [0, 0.1) is 13.8 Å². The summed E-state index contributed by atoms with van der Waals surface area (Å²) in [4.78, 5) is 6.18. The molecule has 0 saturated heterocycles. The van der Waals surface area contributed by atoms with Crippen LogP contribution in [-0.2, 0) is 12.0 Å². The third kappa shape index (κ3) is 3.72. The van der Waals surface area contributed by atoms with E-state index in [1.165, 1.54) is 15.4 Å². The fraction of sp³-hybridized carbons (Fsp3) is 0.500. The predicted octanol–water partition coefficient (Wildman–Crippen LogP) is 4.61. The third-order valence-electron chi connectivity index (χ3n) is 3.96. The summed E-state index contributed by atoms with van der Waals surface area (Å²) in [7, 11) is 0. The number of thiazole rings is 1. The van der Waals surface area contributed by atoms with Crippen LogP contribution < -0.4 is 5.32 Å². The lowest BCUT2D eigenvalue weighted by Crippen LogP contribution is -2.47. The van der Waals surface area contributed by atoms with Gasteiger partial charge in [-0.05, 0) is 46.1 Å². The molecule has 2 nitrogen and oxygen atoms in total. The number of nitrogens with zero attached hydrogens (tertiary/aromatic N) is 1. The molecule has 114 valence electrons. The van der Waals surface area contributed by atoms with E-state index in [1.54, 1.807) is 0 Å². The van der Waals surface area contributed by atoms with Crippen molar-refractivity contribution >= 4 is 11.3 Å². The summed E-state index contributed by atoms with van der Waals surface area (Å²) in [6, 6.07) is 11.1. The molecule has 2 rings (SSSR count). The molecule has 21 heavy (non-hydrogen) atoms. The zero-order chi connectivity index (χ0) is 15.5. The predicted molar refractivity (Wildman–Crippen MR) is 92.0 cm³/mol. The number of nitrogens with one attached hydrogen (secondary N) is 1. The third-order valence-corrected chi connectivity index (χ3v) is 5.23. The summed E-state index contributed by atoms with van der Waals surface area (Å²) in [5, 5.41) is 5.02. The second kappa shape index (κ2) is 6.71. The number of hydrogen-bond acceptors (Lipinski definition) is 3. The highest BCUT2D eigenvalue weighted by Crippen LogP contribution is 2.34. The van der Waals surface area contributed by atoms with Gasteiger partial charge in [-0.15, -0.1) is 11.3 Å². The van der Waals surface area contributed by atoms with Crippen LogP contribution in [-0.4, -0.2) is 11.0 Å². The van der Waals surface area contributed by atoms with Crippen molar-refractivity contribution in [2.24, 2.45) is 0 Å². The van der Waals surface area contributed by atoms with Crippen LogP contribution in [0.5, 0.6) is 0 Å². The van der Waals surface area contributed by atoms with Gasteiger partial charge in [0.2, 0.25) is 0 Å². The molecular weight excluding hydrogens is 276 g/mol. The molecule has 0 bridgehead atoms. The number of aromatic nitrogens is 1. The van der Waals surface area contributed by atoms with Gasteiger partial charge >= 0.3 is 0 Å². The Hall–Kier alpha value is -1.19. The fourth-order valence-electron chi connectivity index (χ4n) is 2.74. The SMILES string of the molecule is CCC(Cc1ccccc1)(NC(C)C)c1nc(C)c(C)s1. The molecule has 0 aliphatic carbocycles. The van der Waals surface area contributed by atoms with E-state index < -0.39 is 0 Å². The van der Waals surface area contributed by atoms with Gasteiger partial charge in [-0.1, -0.05) is 37.3 Å². The van der Waals surface area contributed by atoms with Crippen molar-refractivity contribution in [2.45, 2.75) is 59.0 Å². The first kappa shape index (κ1) is 16.2. The van der Waals surface area contributed by atoms with Crippen LogP contribution in [0.25, 0.3) is 0 Å². The molecule has 1 heterocycles. The van der Waals surface area contributed by atoms with Crippen LogP contribution in [0.1, 0.15) is 48.3 Å². The second-order valence-electron chi connectivity index (χ2n) is 6.06. The van der Waals surface area contributed by atoms with Crippen molar-refractivity contribution in [3.05, 3.63) is 51.5 Å². The number of rotatable bonds is 6. The molecule has 0 fully saturated rings. The molecule has 1 N–H and O–H groups in total. The molecule has 0 spiro atoms. The molecule has 2 aromatic rings. The Morgan fingerprint density at radius 3 is 2.33 bits per heavy atom. The van der Waals surface area contributed by atoms with Crippen LogP contribution >= 0.6 is 11.3 Å². The Labute approximate surface area is 132 Å². The minimum Gasteiger partial charge on any atom is -0.303 e. The Balaban J connectivity index is 2.42. The Morgan fingerprint density at radius 2 is 1.86 bits per heavy atom. The molecule has 1 unspecified atom stereocenters. The number of benzene rings is 1. The Bertz CT molecular complexity index is 555. The molecule has 0 radical (unpaired) electrons. The summed E-state index contributed by atoms with van der Waals surface area (Å²) in [5.41, 5.74) is 2.45. The maximum absolute atomic E-state index is 4.86. The van der Waals surface area contributed by atoms with Gasteiger partial charge in [-0.25, -0.2) is 4.98 Å². The van der Waals surface area contributed by atoms with E-state index in [2.05, 4.69) is 70.3 Å². The first-order valence-electron chi connectivity index (χ1n) is 7.73. The lowest BCUT2D eigenvalue weighted by atomic mass is 9.88. The molecule has 0 saturated carbocycles. The maximum Gasteiger partial charge on any atom is 0.114 e. The van der Waals surface area contributed by atoms with E-state index in [0.717, 1.165) is 18.5 Å². The summed E-state index contributed by atoms with van der Waals surface area (Å²) in [6.07, 6.45) is 2.02. The van der Waals surface area contributed by atoms with Crippen LogP contribution in [0.3, 0.4) is 0 Å². The monoisotopic (exact) mass is 302 g/mol. The van der Waals surface area contributed by atoms with Crippen molar-refractivity contribution in [3.63, 3.8) is 0 Å². The smallest absolute Gasteiger partial charge is 0.114 e. The van der Waals surface area contributed by atoms with Gasteiger partial charge in [0.05, 0.1) is 11.2 Å². The second-order valence-corrected chi connectivity index (χ2v) is 7.26. The van der Waals surface area contributed by atoms with Gasteiger partial charge in [-0.3, -0.25) is 0 Å². The van der Waals surface area contributed by atoms with Crippen molar-refractivity contribution < 1.29 is 0 Å². The topological polar surface area (TPSA) is 24.9 Å². The standard InChI is InChI=1S/C18H26N2S/c1-6-18(20-13(2)3,12-16-10-8-7-9-11-16)17-19-14(4)15(5)21-17/h7-11,13,20H,6,12H2,1-5H3. The minimum absolute atomic E-state index is 0.0702. The van der Waals surface area contributed by atoms with Gasteiger partial charge in [0.25, 0.3) is 0 Å². The van der Waals surface area contributed by atoms with Gasteiger partial charge < -0.3 is 5.32 Å². The fourth-order valence-corrected chi connectivity index (χ4v) is 3.88. The van der Waals surface area contributed by atoms with Crippen molar-refractivity contribution in [1.29, 1.82) is 0 Å². The van der Waals surface area contributed by atoms with Crippen LogP contribution in [0.4, 0.5) is 0 Å². The quantitative estimate of drug-likeness (QED) is 0.843. The van der Waals surface area contributed by atoms with E-state index >= 15 is 0 Å². The van der Waals surface area contributed by atoms with E-state index in [0.29, 0.717) is 6.04 Å². The molecular formula is C18H26N2S. The lowest BCUT2D eigenvalue weighted by molar-refractivity contribution is 0.289. The molecule has 1 atom stereocenters. The first-order valence-corrected chi connectivity index (χ1v) is 8.54. The summed E-state index contributed by atoms with van der Waals surface area (Å²) in [5.74, 6) is 0. The van der Waals surface area contributed by atoms with Gasteiger partial charge in [0, 0.05) is 10.9 Å². The highest BCUT2D eigenvalue weighted by atomic mass is 32.1. The van der Waals surface area contributed by atoms with Gasteiger partial charge in [-0.2, -0.15) is 0 Å². The van der Waals surface area contributed by atoms with Gasteiger partial charge in [0.15, 0.2) is 0 Å². The highest BCUT2D eigenvalue weighted by molar-refractivity contribution is 7.11. The lowest BCUT2D eigenvalue weighted by Gasteiger charge is -2.34. The Kier molecular flexibility index (Phi) is 5.17. The summed E-state index contributed by atoms with van der Waals surface area (Å²) in [6.45, 7) is 10.9. The first-order chi connectivity index (χ1) is 9.97. The highest BCUT2D eigenvalue weighted by Gasteiger charge is 2.34. The molecule has 0 aliphatic rings. The Morgan fingerprint density at radius 1 is 1.19 bits per heavy atom. The average molecular weight is 302 g/mol. The van der Waals surface area contributed by atoms with E-state index in [1.807, 2.05) is 11.3 Å². The largest absolute Gasteiger partial charge is 0.303 e.